The van der Waals surface area contributed by atoms with Crippen molar-refractivity contribution in [3.8, 4) is 5.75 Å². The molecule has 3 aromatic rings. The smallest absolute Gasteiger partial charge is 0.345 e. The van der Waals surface area contributed by atoms with Gasteiger partial charge in [0.2, 0.25) is 0 Å². The highest BCUT2D eigenvalue weighted by molar-refractivity contribution is 5.83. The molecule has 1 saturated heterocycles. The molecule has 4 N–H and O–H groups in total. The van der Waals surface area contributed by atoms with Crippen molar-refractivity contribution in [2.24, 2.45) is 11.6 Å². The Morgan fingerprint density at radius 2 is 1.38 bits per heavy atom. The molecule has 2 aromatic carbocycles. The molecular weight excluding hydrogens is 646 g/mol. The summed E-state index contributed by atoms with van der Waals surface area (Å²) >= 11 is 0. The maximum Gasteiger partial charge on any atom is 0.345 e. The first kappa shape index (κ1) is 38.9. The Labute approximate surface area is 294 Å². The van der Waals surface area contributed by atoms with Crippen molar-refractivity contribution >= 4 is 33.7 Å². The van der Waals surface area contributed by atoms with Gasteiger partial charge in [0.25, 0.3) is 0 Å². The van der Waals surface area contributed by atoms with Gasteiger partial charge in [0.15, 0.2) is 0 Å². The summed E-state index contributed by atoms with van der Waals surface area (Å²) in [6.07, 6.45) is 1.49. The number of rotatable bonds is 11. The largest absolute Gasteiger partial charge is 0.489 e. The number of nitrogens with zero attached hydrogens (tertiary/aromatic N) is 3. The first-order chi connectivity index (χ1) is 24.4. The molecular formula is C36H53N5O9. The van der Waals surface area contributed by atoms with Gasteiger partial charge in [-0.3, -0.25) is 5.01 Å². The molecule has 0 amide bonds. The predicted octanol–water partition coefficient (Wildman–Crippen LogP) is 3.20. The second-order valence-electron chi connectivity index (χ2n) is 11.4. The first-order valence-electron chi connectivity index (χ1n) is 17.2. The van der Waals surface area contributed by atoms with E-state index in [0.717, 1.165) is 29.9 Å². The Bertz CT molecular complexity index is 1510. The van der Waals surface area contributed by atoms with Gasteiger partial charge in [-0.25, -0.2) is 10.6 Å². The van der Waals surface area contributed by atoms with Crippen LogP contribution in [0.4, 0.5) is 17.1 Å². The molecule has 2 heterocycles. The van der Waals surface area contributed by atoms with Crippen molar-refractivity contribution in [3.63, 3.8) is 0 Å². The second-order valence-corrected chi connectivity index (χ2v) is 11.4. The van der Waals surface area contributed by atoms with Crippen LogP contribution in [-0.2, 0) is 28.4 Å². The molecule has 0 spiro atoms. The minimum absolute atomic E-state index is 0.157. The summed E-state index contributed by atoms with van der Waals surface area (Å²) in [5.41, 5.74) is 9.15. The number of ether oxygens (including phenoxy) is 7. The van der Waals surface area contributed by atoms with Crippen molar-refractivity contribution in [1.29, 1.82) is 0 Å². The lowest BCUT2D eigenvalue weighted by atomic mass is 10.1. The van der Waals surface area contributed by atoms with Crippen LogP contribution in [0.15, 0.2) is 57.9 Å². The minimum atomic E-state index is -0.550. The maximum absolute atomic E-state index is 13.0. The van der Waals surface area contributed by atoms with Crippen LogP contribution in [0.1, 0.15) is 19.4 Å². The zero-order valence-electron chi connectivity index (χ0n) is 29.6. The molecule has 14 heteroatoms. The van der Waals surface area contributed by atoms with Crippen LogP contribution in [-0.4, -0.2) is 113 Å². The third kappa shape index (κ3) is 11.9. The number of hydrazine groups is 1. The topological polar surface area (TPSA) is 157 Å². The van der Waals surface area contributed by atoms with E-state index in [0.29, 0.717) is 109 Å². The number of hydrogen-bond donors (Lipinski definition) is 2. The van der Waals surface area contributed by atoms with Crippen molar-refractivity contribution < 1.29 is 37.6 Å². The predicted molar refractivity (Wildman–Crippen MR) is 195 cm³/mol. The quantitative estimate of drug-likeness (QED) is 0.130. The highest BCUT2D eigenvalue weighted by Gasteiger charge is 2.17. The van der Waals surface area contributed by atoms with Crippen molar-refractivity contribution in [2.75, 3.05) is 127 Å². The summed E-state index contributed by atoms with van der Waals surface area (Å²) in [6.45, 7) is 12.6. The number of methoxy groups -OCH3 is 1. The fraction of sp³-hybridized carbons (Fsp3) is 0.528. The lowest BCUT2D eigenvalue weighted by Crippen LogP contribution is -2.32. The molecule has 1 aromatic heterocycles. The summed E-state index contributed by atoms with van der Waals surface area (Å²) in [6, 6.07) is 13.1. The summed E-state index contributed by atoms with van der Waals surface area (Å²) < 4.78 is 45.5. The fourth-order valence-corrected chi connectivity index (χ4v) is 5.34. The van der Waals surface area contributed by atoms with Gasteiger partial charge >= 0.3 is 5.63 Å². The Morgan fingerprint density at radius 1 is 0.800 bits per heavy atom. The minimum Gasteiger partial charge on any atom is -0.489 e. The van der Waals surface area contributed by atoms with Crippen LogP contribution < -0.4 is 36.7 Å². The van der Waals surface area contributed by atoms with Crippen LogP contribution in [0, 0.1) is 0 Å². The molecule has 50 heavy (non-hydrogen) atoms. The van der Waals surface area contributed by atoms with Gasteiger partial charge in [-0.2, -0.15) is 0 Å². The summed E-state index contributed by atoms with van der Waals surface area (Å²) in [5.74, 6) is 7.08. The molecule has 1 fully saturated rings. The van der Waals surface area contributed by atoms with E-state index in [4.69, 9.17) is 49.2 Å². The van der Waals surface area contributed by atoms with Crippen LogP contribution in [0.2, 0.25) is 0 Å². The zero-order chi connectivity index (χ0) is 35.6. The van der Waals surface area contributed by atoms with E-state index >= 15 is 0 Å². The van der Waals surface area contributed by atoms with Crippen LogP contribution in [0.5, 0.6) is 5.75 Å². The van der Waals surface area contributed by atoms with Crippen molar-refractivity contribution in [3.05, 3.63) is 64.6 Å². The molecule has 0 radical (unpaired) electrons. The lowest BCUT2D eigenvalue weighted by molar-refractivity contribution is -0.0116. The Hall–Kier alpha value is -3.89. The van der Waals surface area contributed by atoms with E-state index in [1.165, 1.54) is 11.2 Å². The van der Waals surface area contributed by atoms with E-state index in [-0.39, 0.29) is 11.3 Å². The molecule has 14 nitrogen and oxygen atoms in total. The molecule has 4 rings (SSSR count). The van der Waals surface area contributed by atoms with Gasteiger partial charge in [-0.15, -0.1) is 0 Å². The highest BCUT2D eigenvalue weighted by atomic mass is 16.6. The number of hydrogen-bond acceptors (Lipinski definition) is 14. The number of fused-ring (bicyclic) bond motifs is 1. The van der Waals surface area contributed by atoms with Crippen LogP contribution in [0.25, 0.3) is 16.7 Å². The van der Waals surface area contributed by atoms with Gasteiger partial charge in [0, 0.05) is 62.7 Å². The highest BCUT2D eigenvalue weighted by Crippen LogP contribution is 2.33. The third-order valence-electron chi connectivity index (χ3n) is 8.06. The monoisotopic (exact) mass is 699 g/mol. The van der Waals surface area contributed by atoms with E-state index < -0.39 is 5.63 Å². The number of nitrogens with two attached hydrogens (primary N) is 2. The SMILES string of the molecule is CCN(CC)c1ccc2cc(/C(N)=C/N(N)c3ccc(N4CCOCCOCCOCCOCCOCC4)c(OCCOC)c3)c(=O)oc2c1. The average molecular weight is 700 g/mol. The zero-order valence-corrected chi connectivity index (χ0v) is 29.6. The summed E-state index contributed by atoms with van der Waals surface area (Å²) in [7, 11) is 1.62. The van der Waals surface area contributed by atoms with Crippen molar-refractivity contribution in [1.82, 2.24) is 0 Å². The standard InChI is InChI=1S/C36H53N5O9/c1-4-39(5-2)29-7-6-28-24-31(36(42)50-34(28)25-29)32(37)27-41(38)30-8-9-33(35(26-30)49-23-14-43-3)40-10-12-44-15-17-46-19-21-48-22-20-47-18-16-45-13-11-40/h6-9,24-27H,4-5,10-23,37-38H2,1-3H3/b32-27-. The van der Waals surface area contributed by atoms with Gasteiger partial charge < -0.3 is 53.1 Å². The first-order valence-corrected chi connectivity index (χ1v) is 17.2. The molecule has 276 valence electrons. The molecule has 0 aliphatic carbocycles. The average Bonchev–Trinajstić information content (AvgIpc) is 3.12. The number of anilines is 3. The Balaban J connectivity index is 1.54. The van der Waals surface area contributed by atoms with E-state index in [9.17, 15) is 4.79 Å². The number of benzene rings is 2. The van der Waals surface area contributed by atoms with Gasteiger partial charge in [0.1, 0.15) is 17.9 Å². The molecule has 1 aliphatic heterocycles. The lowest BCUT2D eigenvalue weighted by Gasteiger charge is -2.28. The second kappa shape index (κ2) is 21.4. The Morgan fingerprint density at radius 3 is 1.96 bits per heavy atom. The van der Waals surface area contributed by atoms with Crippen LogP contribution in [0.3, 0.4) is 0 Å². The van der Waals surface area contributed by atoms with Gasteiger partial charge in [-0.05, 0) is 44.2 Å². The maximum atomic E-state index is 13.0. The van der Waals surface area contributed by atoms with E-state index in [1.807, 2.05) is 36.4 Å². The van der Waals surface area contributed by atoms with E-state index in [2.05, 4.69) is 23.6 Å². The molecule has 0 bridgehead atoms. The summed E-state index contributed by atoms with van der Waals surface area (Å²) in [5, 5.41) is 2.11. The van der Waals surface area contributed by atoms with Gasteiger partial charge in [0.05, 0.1) is 95.3 Å². The van der Waals surface area contributed by atoms with Gasteiger partial charge in [-0.1, -0.05) is 0 Å². The molecule has 0 saturated carbocycles. The van der Waals surface area contributed by atoms with Crippen molar-refractivity contribution in [2.45, 2.75) is 13.8 Å². The molecule has 1 aliphatic rings. The van der Waals surface area contributed by atoms with Crippen LogP contribution >= 0.6 is 0 Å². The molecule has 0 unspecified atom stereocenters. The normalized spacial score (nSPS) is 16.5. The summed E-state index contributed by atoms with van der Waals surface area (Å²) in [4.78, 5) is 17.4. The van der Waals surface area contributed by atoms with E-state index in [1.54, 1.807) is 13.2 Å². The Kier molecular flexibility index (Phi) is 16.6. The fourth-order valence-electron chi connectivity index (χ4n) is 5.34. The molecule has 0 atom stereocenters. The third-order valence-corrected chi connectivity index (χ3v) is 8.06.